The first-order chi connectivity index (χ1) is 40.2. The summed E-state index contributed by atoms with van der Waals surface area (Å²) in [6, 6.07) is 30.7. The number of ether oxygens (including phenoxy) is 3. The molecule has 1 atom stereocenters. The summed E-state index contributed by atoms with van der Waals surface area (Å²) in [5.74, 6) is -0.603. The van der Waals surface area contributed by atoms with E-state index in [2.05, 4.69) is 46.5 Å². The molecule has 2 aromatic heterocycles. The first-order valence-electron chi connectivity index (χ1n) is 27.7. The third kappa shape index (κ3) is 12.9. The van der Waals surface area contributed by atoms with E-state index in [4.69, 9.17) is 25.8 Å². The van der Waals surface area contributed by atoms with Crippen LogP contribution in [0.4, 0.5) is 22.7 Å². The molecule has 23 heteroatoms. The third-order valence-electron chi connectivity index (χ3n) is 15.6. The van der Waals surface area contributed by atoms with Crippen LogP contribution in [0, 0.1) is 16.0 Å². The highest BCUT2D eigenvalue weighted by atomic mass is 35.5. The predicted octanol–water partition coefficient (Wildman–Crippen LogP) is 8.90. The number of hydrogen-bond donors (Lipinski definition) is 5. The van der Waals surface area contributed by atoms with Gasteiger partial charge in [0.1, 0.15) is 34.6 Å². The van der Waals surface area contributed by atoms with E-state index in [0.717, 1.165) is 76.5 Å². The number of carbonyl (C=O) groups is 4. The van der Waals surface area contributed by atoms with Gasteiger partial charge in [-0.15, -0.1) is 0 Å². The van der Waals surface area contributed by atoms with Gasteiger partial charge in [-0.25, -0.2) is 18.1 Å². The summed E-state index contributed by atoms with van der Waals surface area (Å²) >= 11 is 6.34. The Morgan fingerprint density at radius 3 is 2.45 bits per heavy atom. The number of imide groups is 1. The molecular weight excluding hydrogens is 1100 g/mol. The lowest BCUT2D eigenvalue weighted by Gasteiger charge is -2.37. The minimum absolute atomic E-state index is 0.0702. The number of rotatable bonds is 21. The molecule has 83 heavy (non-hydrogen) atoms. The van der Waals surface area contributed by atoms with Gasteiger partial charge in [0.25, 0.3) is 27.5 Å². The van der Waals surface area contributed by atoms with E-state index >= 15 is 0 Å². The van der Waals surface area contributed by atoms with Crippen molar-refractivity contribution in [3.8, 4) is 28.4 Å². The number of amides is 4. The lowest BCUT2D eigenvalue weighted by Crippen LogP contribution is -2.52. The van der Waals surface area contributed by atoms with Crippen LogP contribution in [0.15, 0.2) is 126 Å². The maximum atomic E-state index is 14.1. The summed E-state index contributed by atoms with van der Waals surface area (Å²) in [7, 11) is -4.62. The molecule has 4 aliphatic heterocycles. The monoisotopic (exact) mass is 1160 g/mol. The number of piperazine rings is 1. The fraction of sp³-hybridized carbons (Fsp3) is 0.317. The summed E-state index contributed by atoms with van der Waals surface area (Å²) < 4.78 is 48.2. The van der Waals surface area contributed by atoms with Crippen LogP contribution in [0.25, 0.3) is 22.2 Å². The van der Waals surface area contributed by atoms with Gasteiger partial charge in [-0.1, -0.05) is 41.9 Å². The minimum atomic E-state index is -4.62. The number of hydrogen-bond acceptors (Lipinski definition) is 16. The Morgan fingerprint density at radius 2 is 1.65 bits per heavy atom. The fourth-order valence-corrected chi connectivity index (χ4v) is 12.1. The number of benzene rings is 5. The van der Waals surface area contributed by atoms with Crippen LogP contribution in [0.2, 0.25) is 5.02 Å². The molecule has 0 radical (unpaired) electrons. The molecule has 3 fully saturated rings. The number of fused-ring (bicyclic) bond motifs is 2. The van der Waals surface area contributed by atoms with Crippen molar-refractivity contribution in [2.45, 2.75) is 62.6 Å². The molecule has 0 bridgehead atoms. The fourth-order valence-electron chi connectivity index (χ4n) is 11.0. The van der Waals surface area contributed by atoms with Crippen molar-refractivity contribution in [3.63, 3.8) is 0 Å². The van der Waals surface area contributed by atoms with Crippen LogP contribution < -0.4 is 35.0 Å². The summed E-state index contributed by atoms with van der Waals surface area (Å²) in [4.78, 5) is 76.6. The lowest BCUT2D eigenvalue weighted by atomic mass is 9.98. The highest BCUT2D eigenvalue weighted by Gasteiger charge is 2.40. The van der Waals surface area contributed by atoms with E-state index < -0.39 is 43.4 Å². The number of nitro groups is 1. The van der Waals surface area contributed by atoms with E-state index in [1.807, 2.05) is 54.6 Å². The topological polar surface area (TPSA) is 260 Å². The van der Waals surface area contributed by atoms with Crippen molar-refractivity contribution in [1.82, 2.24) is 29.8 Å². The maximum absolute atomic E-state index is 14.1. The van der Waals surface area contributed by atoms with Gasteiger partial charge < -0.3 is 39.6 Å². The van der Waals surface area contributed by atoms with Crippen molar-refractivity contribution >= 4 is 79.0 Å². The van der Waals surface area contributed by atoms with E-state index in [-0.39, 0.29) is 47.7 Å². The molecule has 4 amide bonds. The number of nitrogens with one attached hydrogen (secondary N) is 5. The van der Waals surface area contributed by atoms with Crippen LogP contribution in [0.5, 0.6) is 17.2 Å². The van der Waals surface area contributed by atoms with Gasteiger partial charge >= 0.3 is 0 Å². The Labute approximate surface area is 483 Å². The number of halogens is 1. The molecule has 0 aliphatic carbocycles. The second kappa shape index (κ2) is 24.9. The molecule has 11 rings (SSSR count). The standard InChI is InChI=1S/C60H61ClN10O11S/c61-41-11-9-39(10-12-41)45-5-4-8-54(81-28-2-1-22-62-50-7-3-6-46-48(50)37-70(60(46)75)52-17-18-56(72)66-59(52)74)49(45)36-68-24-26-69(27-25-68)42-13-15-47(55(32-42)82-43-31-40-19-23-63-57(40)65-35-43)58(73)67-83(78,79)44-14-16-51(53(33-44)71(76)77)64-34-38-20-29-80-30-21-38/h3-16,19,23,31-33,35,38,52,62,64H,1-2,17-18,20-22,24-30,34,36-37H2,(H,63,65)(H,67,73)(H,66,72,74). The Morgan fingerprint density at radius 1 is 0.855 bits per heavy atom. The number of H-pyrrole nitrogens is 1. The first kappa shape index (κ1) is 56.3. The normalized spacial score (nSPS) is 16.8. The summed E-state index contributed by atoms with van der Waals surface area (Å²) in [5.41, 5.74) is 6.24. The number of nitro benzene ring substituents is 1. The van der Waals surface area contributed by atoms with Gasteiger partial charge in [0, 0.05) is 129 Å². The molecule has 0 spiro atoms. The average Bonchev–Trinajstić information content (AvgIpc) is 4.36. The highest BCUT2D eigenvalue weighted by molar-refractivity contribution is 7.90. The van der Waals surface area contributed by atoms with Crippen LogP contribution >= 0.6 is 11.6 Å². The number of pyridine rings is 1. The lowest BCUT2D eigenvalue weighted by molar-refractivity contribution is -0.384. The molecule has 21 nitrogen and oxygen atoms in total. The van der Waals surface area contributed by atoms with Gasteiger partial charge in [0.05, 0.1) is 28.2 Å². The summed E-state index contributed by atoms with van der Waals surface area (Å²) in [6.45, 7) is 6.09. The van der Waals surface area contributed by atoms with Crippen molar-refractivity contribution in [2.75, 3.05) is 74.6 Å². The van der Waals surface area contributed by atoms with E-state index in [1.54, 1.807) is 35.4 Å². The molecule has 5 N–H and O–H groups in total. The number of sulfonamides is 1. The molecular formula is C60H61ClN10O11S. The number of anilines is 3. The predicted molar refractivity (Wildman–Crippen MR) is 312 cm³/mol. The first-order valence-corrected chi connectivity index (χ1v) is 29.5. The SMILES string of the molecule is O=C1CCC(N2Cc3c(NCCCCOc4cccc(-c5ccc(Cl)cc5)c4CN4CCN(c5ccc(C(=O)NS(=O)(=O)c6ccc(NCC7CCOCC7)c([N+](=O)[O-])c6)c(Oc6cnc7[nH]ccc7c6)c5)CC4)cccc3C2=O)C(=O)N1. The van der Waals surface area contributed by atoms with Crippen LogP contribution in [-0.4, -0.2) is 122 Å². The number of piperidine rings is 1. The van der Waals surface area contributed by atoms with Crippen molar-refractivity contribution < 1.29 is 46.7 Å². The number of aromatic amines is 1. The molecule has 4 aliphatic rings. The average molecular weight is 1170 g/mol. The van der Waals surface area contributed by atoms with E-state index in [9.17, 15) is 37.7 Å². The quantitative estimate of drug-likeness (QED) is 0.0195. The smallest absolute Gasteiger partial charge is 0.293 e. The molecule has 0 saturated carbocycles. The largest absolute Gasteiger partial charge is 0.493 e. The highest BCUT2D eigenvalue weighted by Crippen LogP contribution is 2.37. The Kier molecular flexibility index (Phi) is 16.9. The molecule has 430 valence electrons. The van der Waals surface area contributed by atoms with Gasteiger partial charge in [-0.2, -0.15) is 0 Å². The Bertz CT molecular complexity index is 3720. The van der Waals surface area contributed by atoms with Crippen LogP contribution in [-0.2, 0) is 37.4 Å². The third-order valence-corrected chi connectivity index (χ3v) is 17.2. The van der Waals surface area contributed by atoms with Gasteiger partial charge in [-0.05, 0) is 116 Å². The van der Waals surface area contributed by atoms with Gasteiger partial charge in [-0.3, -0.25) is 39.5 Å². The minimum Gasteiger partial charge on any atom is -0.493 e. The molecule has 1 unspecified atom stereocenters. The molecule has 7 aromatic rings. The van der Waals surface area contributed by atoms with Crippen molar-refractivity contribution in [2.24, 2.45) is 5.92 Å². The summed E-state index contributed by atoms with van der Waals surface area (Å²) in [6.07, 6.45) is 6.84. The zero-order valence-corrected chi connectivity index (χ0v) is 46.8. The number of unbranched alkanes of at least 4 members (excludes halogenated alkanes) is 1. The van der Waals surface area contributed by atoms with Gasteiger partial charge in [0.15, 0.2) is 0 Å². The zero-order valence-electron chi connectivity index (χ0n) is 45.2. The van der Waals surface area contributed by atoms with Crippen molar-refractivity contribution in [1.29, 1.82) is 0 Å². The second-order valence-corrected chi connectivity index (χ2v) is 23.1. The zero-order chi connectivity index (χ0) is 57.6. The Hall–Kier alpha value is -8.57. The summed E-state index contributed by atoms with van der Waals surface area (Å²) in [5, 5.41) is 22.5. The number of nitrogens with zero attached hydrogens (tertiary/aromatic N) is 5. The van der Waals surface area contributed by atoms with Crippen LogP contribution in [0.1, 0.15) is 70.4 Å². The second-order valence-electron chi connectivity index (χ2n) is 20.9. The van der Waals surface area contributed by atoms with Crippen LogP contribution in [0.3, 0.4) is 0 Å². The molecule has 3 saturated heterocycles. The molecule has 5 aromatic carbocycles. The van der Waals surface area contributed by atoms with E-state index in [1.165, 1.54) is 24.4 Å². The number of aromatic nitrogens is 2. The number of carbonyl (C=O) groups excluding carboxylic acids is 4. The maximum Gasteiger partial charge on any atom is 0.293 e. The Balaban J connectivity index is 0.753. The van der Waals surface area contributed by atoms with Gasteiger partial charge in [0.2, 0.25) is 11.8 Å². The molecule has 6 heterocycles. The van der Waals surface area contributed by atoms with E-state index in [0.29, 0.717) is 94.0 Å². The van der Waals surface area contributed by atoms with Crippen molar-refractivity contribution in [3.05, 3.63) is 159 Å².